The van der Waals surface area contributed by atoms with Crippen molar-refractivity contribution in [1.82, 2.24) is 0 Å². The van der Waals surface area contributed by atoms with E-state index >= 15 is 0 Å². The van der Waals surface area contributed by atoms with Gasteiger partial charge in [0.15, 0.2) is 0 Å². The van der Waals surface area contributed by atoms with Crippen LogP contribution in [0.5, 0.6) is 0 Å². The van der Waals surface area contributed by atoms with Crippen LogP contribution >= 0.6 is 0 Å². The lowest BCUT2D eigenvalue weighted by Gasteiger charge is -2.36. The van der Waals surface area contributed by atoms with E-state index in [2.05, 4.69) is 27.7 Å². The van der Waals surface area contributed by atoms with E-state index in [9.17, 15) is 13.2 Å². The van der Waals surface area contributed by atoms with E-state index in [-0.39, 0.29) is 25.3 Å². The van der Waals surface area contributed by atoms with E-state index in [1.165, 1.54) is 73.4 Å². The van der Waals surface area contributed by atoms with Gasteiger partial charge >= 0.3 is 0 Å². The summed E-state index contributed by atoms with van der Waals surface area (Å²) in [4.78, 5) is 0. The predicted octanol–water partition coefficient (Wildman–Crippen LogP) is 6.89. The Morgan fingerprint density at radius 2 is 0.971 bits per heavy atom. The van der Waals surface area contributed by atoms with Gasteiger partial charge in [-0.15, -0.1) is 0 Å². The third kappa shape index (κ3) is 7.01. The first-order valence-corrected chi connectivity index (χ1v) is 12.2. The first-order valence-electron chi connectivity index (χ1n) is 12.2. The van der Waals surface area contributed by atoms with Gasteiger partial charge in [-0.25, -0.2) is 13.2 Å². The molecule has 3 aromatic rings. The van der Waals surface area contributed by atoms with E-state index in [1.54, 1.807) is 18.2 Å². The number of hydrogen-bond donors (Lipinski definition) is 0. The van der Waals surface area contributed by atoms with E-state index < -0.39 is 5.41 Å². The molecule has 0 unspecified atom stereocenters. The van der Waals surface area contributed by atoms with Gasteiger partial charge in [0.25, 0.3) is 0 Å². The van der Waals surface area contributed by atoms with E-state index in [0.29, 0.717) is 6.42 Å². The number of benzene rings is 3. The fourth-order valence-corrected chi connectivity index (χ4v) is 4.80. The van der Waals surface area contributed by atoms with Gasteiger partial charge in [0.1, 0.15) is 17.5 Å². The van der Waals surface area contributed by atoms with Crippen LogP contribution in [0.2, 0.25) is 6.32 Å². The molecule has 1 nitrogen and oxygen atoms in total. The Hall–Kier alpha value is -2.53. The average molecular weight is 483 g/mol. The van der Waals surface area contributed by atoms with E-state index in [4.69, 9.17) is 0 Å². The Labute approximate surface area is 211 Å². The zero-order valence-corrected chi connectivity index (χ0v) is 21.0. The van der Waals surface area contributed by atoms with Crippen LogP contribution in [-0.4, -0.2) is 38.5 Å². The molecule has 0 saturated heterocycles. The van der Waals surface area contributed by atoms with Crippen molar-refractivity contribution in [3.05, 3.63) is 107 Å². The first-order chi connectivity index (χ1) is 16.8. The van der Waals surface area contributed by atoms with Crippen molar-refractivity contribution in [1.29, 1.82) is 0 Å². The fourth-order valence-electron chi connectivity index (χ4n) is 4.80. The highest BCUT2D eigenvalue weighted by Crippen LogP contribution is 2.44. The van der Waals surface area contributed by atoms with Crippen molar-refractivity contribution in [2.24, 2.45) is 0 Å². The van der Waals surface area contributed by atoms with Gasteiger partial charge in [0.05, 0.1) is 26.2 Å². The minimum Gasteiger partial charge on any atom is -0.325 e. The molecule has 3 rings (SSSR count). The third-order valence-electron chi connectivity index (χ3n) is 7.19. The summed E-state index contributed by atoms with van der Waals surface area (Å²) in [7, 11) is 0.226. The van der Waals surface area contributed by atoms with Crippen LogP contribution in [0.3, 0.4) is 0 Å². The van der Waals surface area contributed by atoms with Gasteiger partial charge in [-0.05, 0) is 95.1 Å². The van der Waals surface area contributed by atoms with Crippen LogP contribution in [0.25, 0.3) is 0 Å². The molecule has 0 aromatic heterocycles. The lowest BCUT2D eigenvalue weighted by molar-refractivity contribution is -0.921. The number of hydrogen-bond acceptors (Lipinski definition) is 0. The molecule has 0 fully saturated rings. The second-order valence-corrected chi connectivity index (χ2v) is 8.65. The van der Waals surface area contributed by atoms with E-state index in [1.807, 2.05) is 18.2 Å². The molecule has 0 amide bonds. The largest absolute Gasteiger partial charge is 0.325 e. The number of halogens is 3. The minimum absolute atomic E-state index is 0.226. The van der Waals surface area contributed by atoms with Gasteiger partial charge < -0.3 is 4.48 Å². The molecule has 0 spiro atoms. The Balaban J connectivity index is 0.000000410. The van der Waals surface area contributed by atoms with Crippen molar-refractivity contribution in [2.75, 3.05) is 26.2 Å². The molecule has 0 aliphatic carbocycles. The minimum atomic E-state index is -0.777. The normalized spacial score (nSPS) is 11.7. The van der Waals surface area contributed by atoms with Gasteiger partial charge in [-0.3, -0.25) is 0 Å². The summed E-state index contributed by atoms with van der Waals surface area (Å²) in [6.45, 7) is 14.2. The Bertz CT molecular complexity index is 921. The van der Waals surface area contributed by atoms with Crippen molar-refractivity contribution < 1.29 is 17.7 Å². The molecule has 0 aliphatic heterocycles. The smallest absolute Gasteiger partial charge is 0.123 e. The quantitative estimate of drug-likeness (QED) is 0.167. The van der Waals surface area contributed by atoms with Gasteiger partial charge in [-0.1, -0.05) is 42.8 Å². The van der Waals surface area contributed by atoms with Gasteiger partial charge in [0, 0.05) is 5.41 Å². The molecular formula is C30H41BF3N. The predicted molar refractivity (Wildman–Crippen MR) is 145 cm³/mol. The molecule has 0 atom stereocenters. The standard InChI is InChI=1S/C22H21BF3.C8H20N/c23-12-4-11-22(16-5-1-8-19(24)13-16,17-6-2-9-20(25)14-17)18-7-3-10-21(26)15-18;1-5-9(6-2,7-3)8-4/h1-3,5-10,13-15H,4,11-12H2,23H3;5-8H2,1-4H3/q-1;+1. The van der Waals surface area contributed by atoms with E-state index in [0.717, 1.165) is 23.1 Å². The summed E-state index contributed by atoms with van der Waals surface area (Å²) in [5.41, 5.74) is 1.40. The highest BCUT2D eigenvalue weighted by Gasteiger charge is 2.36. The summed E-state index contributed by atoms with van der Waals surface area (Å²) in [5.74, 6) is -1.05. The Morgan fingerprint density at radius 3 is 1.20 bits per heavy atom. The molecule has 35 heavy (non-hydrogen) atoms. The SMILES string of the molecule is CC[N+](CC)(CC)CC.[BH3-]CCCC(c1cccc(F)c1)(c1cccc(F)c1)c1cccc(F)c1. The number of rotatable bonds is 10. The van der Waals surface area contributed by atoms with Crippen molar-refractivity contribution in [3.63, 3.8) is 0 Å². The zero-order chi connectivity index (χ0) is 25.9. The molecule has 0 heterocycles. The molecular weight excluding hydrogens is 442 g/mol. The molecule has 190 valence electrons. The highest BCUT2D eigenvalue weighted by molar-refractivity contribution is 6.08. The van der Waals surface area contributed by atoms with Gasteiger partial charge in [-0.2, -0.15) is 6.32 Å². The monoisotopic (exact) mass is 483 g/mol. The number of quaternary nitrogens is 1. The van der Waals surface area contributed by atoms with Crippen LogP contribution in [0.15, 0.2) is 72.8 Å². The maximum Gasteiger partial charge on any atom is 0.123 e. The summed E-state index contributed by atoms with van der Waals surface area (Å²) >= 11 is 0. The van der Waals surface area contributed by atoms with Crippen molar-refractivity contribution in [2.45, 2.75) is 52.3 Å². The zero-order valence-electron chi connectivity index (χ0n) is 21.0. The van der Waals surface area contributed by atoms with Crippen molar-refractivity contribution in [3.8, 4) is 0 Å². The molecule has 0 saturated carbocycles. The molecule has 0 aliphatic rings. The van der Waals surface area contributed by atoms with Crippen LogP contribution < -0.4 is 0 Å². The first kappa shape index (κ1) is 28.7. The molecule has 0 N–H and O–H groups in total. The number of nitrogens with zero attached hydrogens (tertiary/aromatic N) is 1. The lowest BCUT2D eigenvalue weighted by Crippen LogP contribution is -2.47. The summed E-state index contributed by atoms with van der Waals surface area (Å²) in [5, 5.41) is 0. The second kappa shape index (κ2) is 13.5. The van der Waals surface area contributed by atoms with Crippen molar-refractivity contribution >= 4 is 7.85 Å². The highest BCUT2D eigenvalue weighted by atomic mass is 19.1. The van der Waals surface area contributed by atoms with Crippen LogP contribution in [0, 0.1) is 17.5 Å². The molecule has 0 bridgehead atoms. The summed E-state index contributed by atoms with van der Waals surface area (Å²) in [6.07, 6.45) is 2.80. The molecule has 3 aromatic carbocycles. The topological polar surface area (TPSA) is 0 Å². The fraction of sp³-hybridized carbons (Fsp3) is 0.400. The molecule has 0 radical (unpaired) electrons. The lowest BCUT2D eigenvalue weighted by atomic mass is 9.66. The maximum atomic E-state index is 14.1. The maximum absolute atomic E-state index is 14.1. The van der Waals surface area contributed by atoms with Gasteiger partial charge in [0.2, 0.25) is 0 Å². The third-order valence-corrected chi connectivity index (χ3v) is 7.19. The van der Waals surface area contributed by atoms with Crippen LogP contribution in [0.1, 0.15) is 57.2 Å². The Morgan fingerprint density at radius 1 is 0.629 bits per heavy atom. The average Bonchev–Trinajstić information content (AvgIpc) is 2.87. The van der Waals surface area contributed by atoms with Crippen LogP contribution in [-0.2, 0) is 5.41 Å². The molecule has 5 heteroatoms. The van der Waals surface area contributed by atoms with Crippen LogP contribution in [0.4, 0.5) is 13.2 Å². The summed E-state index contributed by atoms with van der Waals surface area (Å²) in [6, 6.07) is 19.2. The summed E-state index contributed by atoms with van der Waals surface area (Å²) < 4.78 is 43.5. The Kier molecular flexibility index (Phi) is 11.1. The second-order valence-electron chi connectivity index (χ2n) is 8.65.